The van der Waals surface area contributed by atoms with Crippen LogP contribution in [0.25, 0.3) is 0 Å². The van der Waals surface area contributed by atoms with E-state index in [2.05, 4.69) is 5.32 Å². The van der Waals surface area contributed by atoms with E-state index in [1.54, 1.807) is 30.3 Å². The van der Waals surface area contributed by atoms with E-state index in [0.717, 1.165) is 19.6 Å². The molecule has 2 aromatic carbocycles. The molecule has 0 unspecified atom stereocenters. The number of rotatable bonds is 10. The van der Waals surface area contributed by atoms with Crippen molar-refractivity contribution in [1.29, 1.82) is 0 Å². The summed E-state index contributed by atoms with van der Waals surface area (Å²) in [6, 6.07) is 12.5. The lowest BCUT2D eigenvalue weighted by atomic mass is 10.1. The van der Waals surface area contributed by atoms with Crippen molar-refractivity contribution in [2.45, 2.75) is 37.5 Å². The first-order valence-corrected chi connectivity index (χ1v) is 13.2. The number of hydrogen-bond acceptors (Lipinski definition) is 4. The van der Waals surface area contributed by atoms with E-state index >= 15 is 0 Å². The second kappa shape index (κ2) is 11.2. The molecule has 0 saturated heterocycles. The van der Waals surface area contributed by atoms with Crippen LogP contribution in [-0.2, 0) is 16.8 Å². The highest BCUT2D eigenvalue weighted by Gasteiger charge is 2.27. The molecule has 0 aliphatic heterocycles. The molecule has 0 aromatic heterocycles. The van der Waals surface area contributed by atoms with Gasteiger partial charge in [0, 0.05) is 37.2 Å². The van der Waals surface area contributed by atoms with Crippen LogP contribution in [0.5, 0.6) is 0 Å². The maximum absolute atomic E-state index is 14.4. The fourth-order valence-electron chi connectivity index (χ4n) is 3.62. The fraction of sp³-hybridized carbons (Fsp3) is 0.435. The molecule has 1 saturated carbocycles. The van der Waals surface area contributed by atoms with Gasteiger partial charge >= 0.3 is 10.2 Å². The van der Waals surface area contributed by atoms with Crippen LogP contribution in [0.2, 0.25) is 0 Å². The minimum atomic E-state index is -3.92. The standard InChI is InChI=1S/C23H30FN3O3S2/c1-26(2)32(29,30)27(22-10-6-5-9-21(22)24)17-18-11-13-19(14-12-18)23(28)25-15-16-31-20-7-3-4-8-20/h5-6,9-14,20H,3-4,7-8,15-17H2,1-2H3,(H,25,28). The maximum Gasteiger partial charge on any atom is 0.303 e. The summed E-state index contributed by atoms with van der Waals surface area (Å²) < 4.78 is 42.1. The molecule has 1 amide bonds. The lowest BCUT2D eigenvalue weighted by molar-refractivity contribution is 0.0956. The molecule has 9 heteroatoms. The maximum atomic E-state index is 14.4. The zero-order valence-electron chi connectivity index (χ0n) is 18.5. The number of para-hydroxylation sites is 1. The number of hydrogen-bond donors (Lipinski definition) is 1. The Kier molecular flexibility index (Phi) is 8.56. The van der Waals surface area contributed by atoms with Crippen LogP contribution in [0.3, 0.4) is 0 Å². The summed E-state index contributed by atoms with van der Waals surface area (Å²) in [6.07, 6.45) is 5.15. The molecule has 0 bridgehead atoms. The summed E-state index contributed by atoms with van der Waals surface area (Å²) in [5.41, 5.74) is 1.13. The number of anilines is 1. The molecule has 1 N–H and O–H groups in total. The fourth-order valence-corrected chi connectivity index (χ4v) is 5.94. The predicted octanol–water partition coefficient (Wildman–Crippen LogP) is 4.04. The van der Waals surface area contributed by atoms with Crippen LogP contribution in [0.1, 0.15) is 41.6 Å². The van der Waals surface area contributed by atoms with Crippen molar-refractivity contribution in [3.05, 3.63) is 65.5 Å². The zero-order valence-corrected chi connectivity index (χ0v) is 20.1. The Morgan fingerprint density at radius 1 is 1.09 bits per heavy atom. The molecule has 174 valence electrons. The van der Waals surface area contributed by atoms with Crippen LogP contribution in [0, 0.1) is 5.82 Å². The summed E-state index contributed by atoms with van der Waals surface area (Å²) in [5, 5.41) is 3.66. The molecular formula is C23H30FN3O3S2. The van der Waals surface area contributed by atoms with Crippen LogP contribution in [-0.4, -0.2) is 50.3 Å². The Labute approximate surface area is 194 Å². The predicted molar refractivity (Wildman–Crippen MR) is 129 cm³/mol. The molecule has 1 aliphatic rings. The number of halogens is 1. The SMILES string of the molecule is CN(C)S(=O)(=O)N(Cc1ccc(C(=O)NCCSC2CCCC2)cc1)c1ccccc1F. The second-order valence-electron chi connectivity index (χ2n) is 7.98. The van der Waals surface area contributed by atoms with E-state index in [1.165, 1.54) is 58.0 Å². The van der Waals surface area contributed by atoms with E-state index < -0.39 is 16.0 Å². The van der Waals surface area contributed by atoms with E-state index in [0.29, 0.717) is 17.7 Å². The molecule has 1 fully saturated rings. The Morgan fingerprint density at radius 2 is 1.75 bits per heavy atom. The monoisotopic (exact) mass is 479 g/mol. The highest BCUT2D eigenvalue weighted by molar-refractivity contribution is 7.99. The summed E-state index contributed by atoms with van der Waals surface area (Å²) >= 11 is 1.92. The van der Waals surface area contributed by atoms with Gasteiger partial charge in [-0.05, 0) is 42.7 Å². The topological polar surface area (TPSA) is 69.7 Å². The summed E-state index contributed by atoms with van der Waals surface area (Å²) in [7, 11) is -1.11. The van der Waals surface area contributed by atoms with Crippen molar-refractivity contribution in [2.75, 3.05) is 30.7 Å². The third-order valence-corrected chi connectivity index (χ3v) is 8.64. The van der Waals surface area contributed by atoms with Crippen LogP contribution < -0.4 is 9.62 Å². The van der Waals surface area contributed by atoms with Gasteiger partial charge in [-0.25, -0.2) is 4.39 Å². The van der Waals surface area contributed by atoms with Crippen LogP contribution >= 0.6 is 11.8 Å². The number of thioether (sulfide) groups is 1. The summed E-state index contributed by atoms with van der Waals surface area (Å²) in [6.45, 7) is 0.561. The minimum absolute atomic E-state index is 0.0252. The third kappa shape index (κ3) is 6.24. The van der Waals surface area contributed by atoms with Gasteiger partial charge in [0.25, 0.3) is 5.91 Å². The summed E-state index contributed by atoms with van der Waals surface area (Å²) in [5.74, 6) is 0.119. The highest BCUT2D eigenvalue weighted by Crippen LogP contribution is 2.29. The number of nitrogens with zero attached hydrogens (tertiary/aromatic N) is 2. The first-order chi connectivity index (χ1) is 15.3. The van der Waals surface area contributed by atoms with Gasteiger partial charge in [-0.15, -0.1) is 0 Å². The molecule has 2 aromatic rings. The molecule has 3 rings (SSSR count). The van der Waals surface area contributed by atoms with Crippen molar-refractivity contribution in [2.24, 2.45) is 0 Å². The lowest BCUT2D eigenvalue weighted by Gasteiger charge is -2.27. The normalized spacial score (nSPS) is 14.6. The Morgan fingerprint density at radius 3 is 2.38 bits per heavy atom. The molecule has 0 heterocycles. The van der Waals surface area contributed by atoms with Crippen LogP contribution in [0.15, 0.2) is 48.5 Å². The van der Waals surface area contributed by atoms with Crippen molar-refractivity contribution in [3.8, 4) is 0 Å². The first-order valence-electron chi connectivity index (χ1n) is 10.7. The zero-order chi connectivity index (χ0) is 23.1. The van der Waals surface area contributed by atoms with Gasteiger partial charge in [0.1, 0.15) is 5.82 Å². The Bertz CT molecular complexity index is 1010. The van der Waals surface area contributed by atoms with Crippen molar-refractivity contribution in [1.82, 2.24) is 9.62 Å². The minimum Gasteiger partial charge on any atom is -0.351 e. The van der Waals surface area contributed by atoms with Gasteiger partial charge in [-0.2, -0.15) is 24.5 Å². The number of benzene rings is 2. The second-order valence-corrected chi connectivity index (χ2v) is 11.5. The molecule has 6 nitrogen and oxygen atoms in total. The highest BCUT2D eigenvalue weighted by atomic mass is 32.2. The number of carbonyl (C=O) groups excluding carboxylic acids is 1. The smallest absolute Gasteiger partial charge is 0.303 e. The molecular weight excluding hydrogens is 449 g/mol. The Hall–Kier alpha value is -2.10. The average Bonchev–Trinajstić information content (AvgIpc) is 3.29. The van der Waals surface area contributed by atoms with E-state index in [9.17, 15) is 17.6 Å². The van der Waals surface area contributed by atoms with Gasteiger partial charge in [0.15, 0.2) is 0 Å². The van der Waals surface area contributed by atoms with Gasteiger partial charge in [-0.1, -0.05) is 37.1 Å². The van der Waals surface area contributed by atoms with E-state index in [-0.39, 0.29) is 18.1 Å². The molecule has 0 radical (unpaired) electrons. The van der Waals surface area contributed by atoms with Crippen molar-refractivity contribution in [3.63, 3.8) is 0 Å². The van der Waals surface area contributed by atoms with E-state index in [1.807, 2.05) is 11.8 Å². The number of nitrogens with one attached hydrogen (secondary N) is 1. The number of amides is 1. The van der Waals surface area contributed by atoms with E-state index in [4.69, 9.17) is 0 Å². The largest absolute Gasteiger partial charge is 0.351 e. The average molecular weight is 480 g/mol. The van der Waals surface area contributed by atoms with Gasteiger partial charge in [0.2, 0.25) is 0 Å². The van der Waals surface area contributed by atoms with Crippen LogP contribution in [0.4, 0.5) is 10.1 Å². The van der Waals surface area contributed by atoms with Gasteiger partial charge < -0.3 is 5.32 Å². The Balaban J connectivity index is 1.64. The summed E-state index contributed by atoms with van der Waals surface area (Å²) in [4.78, 5) is 12.4. The van der Waals surface area contributed by atoms with Crippen molar-refractivity contribution >= 4 is 33.6 Å². The molecule has 0 spiro atoms. The van der Waals surface area contributed by atoms with Gasteiger partial charge in [-0.3, -0.25) is 9.10 Å². The lowest BCUT2D eigenvalue weighted by Crippen LogP contribution is -2.40. The van der Waals surface area contributed by atoms with Gasteiger partial charge in [0.05, 0.1) is 12.2 Å². The quantitative estimate of drug-likeness (QED) is 0.522. The molecule has 32 heavy (non-hydrogen) atoms. The third-order valence-electron chi connectivity index (χ3n) is 5.45. The van der Waals surface area contributed by atoms with Crippen molar-refractivity contribution < 1.29 is 17.6 Å². The number of carbonyl (C=O) groups is 1. The molecule has 0 atom stereocenters. The molecule has 1 aliphatic carbocycles. The first kappa shape index (κ1) is 24.5.